The molecule has 0 fully saturated rings. The number of fused-ring (bicyclic) bond motifs is 1. The summed E-state index contributed by atoms with van der Waals surface area (Å²) in [5.74, 6) is 0.439. The van der Waals surface area contributed by atoms with Gasteiger partial charge in [-0.25, -0.2) is 0 Å². The Hall–Kier alpha value is -4.06. The predicted molar refractivity (Wildman–Crippen MR) is 125 cm³/mol. The smallest absolute Gasteiger partial charge is 0.291 e. The van der Waals surface area contributed by atoms with Gasteiger partial charge in [0.15, 0.2) is 5.76 Å². The van der Waals surface area contributed by atoms with Gasteiger partial charge in [0, 0.05) is 22.3 Å². The van der Waals surface area contributed by atoms with Gasteiger partial charge in [-0.05, 0) is 67.1 Å². The second-order valence-electron chi connectivity index (χ2n) is 7.36. The molecule has 2 N–H and O–H groups in total. The van der Waals surface area contributed by atoms with Crippen molar-refractivity contribution < 1.29 is 18.7 Å². The van der Waals surface area contributed by atoms with Crippen molar-refractivity contribution in [1.29, 1.82) is 0 Å². The van der Waals surface area contributed by atoms with E-state index in [0.29, 0.717) is 29.1 Å². The number of ether oxygens (including phenoxy) is 1. The van der Waals surface area contributed by atoms with Crippen LogP contribution in [0.15, 0.2) is 83.3 Å². The minimum Gasteiger partial charge on any atom is -0.494 e. The quantitative estimate of drug-likeness (QED) is 0.332. The standard InChI is InChI=1S/C26H24N2O4/c1-2-3-16-31-22-14-8-18(9-15-22)25(29)27-20-10-12-21(13-11-20)28-26(30)24-17-19-6-4-5-7-23(19)32-24/h4-15,17H,2-3,16H2,1H3,(H,27,29)(H,28,30). The Morgan fingerprint density at radius 3 is 2.16 bits per heavy atom. The van der Waals surface area contributed by atoms with Crippen molar-refractivity contribution in [3.63, 3.8) is 0 Å². The van der Waals surface area contributed by atoms with Gasteiger partial charge in [0.05, 0.1) is 6.61 Å². The van der Waals surface area contributed by atoms with Crippen LogP contribution in [0.25, 0.3) is 11.0 Å². The van der Waals surface area contributed by atoms with Gasteiger partial charge in [-0.15, -0.1) is 0 Å². The summed E-state index contributed by atoms with van der Waals surface area (Å²) in [5, 5.41) is 6.52. The van der Waals surface area contributed by atoms with E-state index in [-0.39, 0.29) is 17.6 Å². The van der Waals surface area contributed by atoms with Crippen molar-refractivity contribution in [1.82, 2.24) is 0 Å². The van der Waals surface area contributed by atoms with Crippen LogP contribution in [0.1, 0.15) is 40.7 Å². The van der Waals surface area contributed by atoms with Crippen LogP contribution >= 0.6 is 0 Å². The Bertz CT molecular complexity index is 1180. The Labute approximate surface area is 186 Å². The lowest BCUT2D eigenvalue weighted by atomic mass is 10.2. The summed E-state index contributed by atoms with van der Waals surface area (Å²) in [4.78, 5) is 24.9. The second kappa shape index (κ2) is 9.83. The molecular weight excluding hydrogens is 404 g/mol. The summed E-state index contributed by atoms with van der Waals surface area (Å²) in [6.45, 7) is 2.78. The van der Waals surface area contributed by atoms with E-state index in [1.807, 2.05) is 24.3 Å². The summed E-state index contributed by atoms with van der Waals surface area (Å²) in [6.07, 6.45) is 2.07. The number of hydrogen-bond donors (Lipinski definition) is 2. The van der Waals surface area contributed by atoms with Crippen molar-refractivity contribution in [2.24, 2.45) is 0 Å². The molecule has 6 nitrogen and oxygen atoms in total. The number of amides is 2. The molecule has 0 spiro atoms. The van der Waals surface area contributed by atoms with E-state index < -0.39 is 0 Å². The maximum atomic E-state index is 12.5. The van der Waals surface area contributed by atoms with Gasteiger partial charge in [-0.2, -0.15) is 0 Å². The third kappa shape index (κ3) is 5.16. The molecule has 3 aromatic carbocycles. The van der Waals surface area contributed by atoms with Crippen LogP contribution < -0.4 is 15.4 Å². The zero-order chi connectivity index (χ0) is 22.3. The van der Waals surface area contributed by atoms with Crippen molar-refractivity contribution in [2.45, 2.75) is 19.8 Å². The lowest BCUT2D eigenvalue weighted by Gasteiger charge is -2.09. The van der Waals surface area contributed by atoms with E-state index in [1.165, 1.54) is 0 Å². The number of carbonyl (C=O) groups excluding carboxylic acids is 2. The Balaban J connectivity index is 1.34. The van der Waals surface area contributed by atoms with Gasteiger partial charge in [-0.3, -0.25) is 9.59 Å². The fourth-order valence-electron chi connectivity index (χ4n) is 3.16. The number of furan rings is 1. The average Bonchev–Trinajstić information content (AvgIpc) is 3.26. The fraction of sp³-hybridized carbons (Fsp3) is 0.154. The van der Waals surface area contributed by atoms with Gasteiger partial charge in [-0.1, -0.05) is 31.5 Å². The summed E-state index contributed by atoms with van der Waals surface area (Å²) in [6, 6.07) is 23.1. The molecule has 0 aliphatic heterocycles. The van der Waals surface area contributed by atoms with Crippen LogP contribution in [0, 0.1) is 0 Å². The monoisotopic (exact) mass is 428 g/mol. The maximum absolute atomic E-state index is 12.5. The number of benzene rings is 3. The maximum Gasteiger partial charge on any atom is 0.291 e. The summed E-state index contributed by atoms with van der Waals surface area (Å²) < 4.78 is 11.2. The number of nitrogens with one attached hydrogen (secondary N) is 2. The minimum atomic E-state index is -0.334. The Morgan fingerprint density at radius 2 is 1.50 bits per heavy atom. The molecule has 32 heavy (non-hydrogen) atoms. The molecule has 0 radical (unpaired) electrons. The number of anilines is 2. The topological polar surface area (TPSA) is 80.6 Å². The molecule has 6 heteroatoms. The van der Waals surface area contributed by atoms with Gasteiger partial charge in [0.1, 0.15) is 11.3 Å². The second-order valence-corrected chi connectivity index (χ2v) is 7.36. The lowest BCUT2D eigenvalue weighted by Crippen LogP contribution is -2.13. The molecular formula is C26H24N2O4. The molecule has 0 unspecified atom stereocenters. The molecule has 1 aromatic heterocycles. The molecule has 0 atom stereocenters. The van der Waals surface area contributed by atoms with Crippen LogP contribution in [0.2, 0.25) is 0 Å². The first-order valence-corrected chi connectivity index (χ1v) is 10.6. The van der Waals surface area contributed by atoms with Crippen LogP contribution in [0.5, 0.6) is 5.75 Å². The SMILES string of the molecule is CCCCOc1ccc(C(=O)Nc2ccc(NC(=O)c3cc4ccccc4o3)cc2)cc1. The molecule has 0 aliphatic rings. The third-order valence-electron chi connectivity index (χ3n) is 4.93. The molecule has 4 aromatic rings. The van der Waals surface area contributed by atoms with E-state index in [0.717, 1.165) is 24.0 Å². The lowest BCUT2D eigenvalue weighted by molar-refractivity contribution is 0.0996. The summed E-state index contributed by atoms with van der Waals surface area (Å²) >= 11 is 0. The van der Waals surface area contributed by atoms with Crippen molar-refractivity contribution in [2.75, 3.05) is 17.2 Å². The first kappa shape index (κ1) is 21.2. The first-order valence-electron chi connectivity index (χ1n) is 10.6. The fourth-order valence-corrected chi connectivity index (χ4v) is 3.16. The molecule has 1 heterocycles. The van der Waals surface area contributed by atoms with E-state index in [9.17, 15) is 9.59 Å². The Morgan fingerprint density at radius 1 is 0.844 bits per heavy atom. The van der Waals surface area contributed by atoms with Gasteiger partial charge in [0.2, 0.25) is 0 Å². The molecule has 162 valence electrons. The Kier molecular flexibility index (Phi) is 6.51. The molecule has 0 saturated heterocycles. The summed E-state index contributed by atoms with van der Waals surface area (Å²) in [7, 11) is 0. The van der Waals surface area contributed by atoms with Gasteiger partial charge < -0.3 is 19.8 Å². The highest BCUT2D eigenvalue weighted by Crippen LogP contribution is 2.21. The van der Waals surface area contributed by atoms with E-state index in [2.05, 4.69) is 17.6 Å². The number of unbranched alkanes of at least 4 members (excludes halogenated alkanes) is 1. The van der Waals surface area contributed by atoms with Crippen molar-refractivity contribution in [3.8, 4) is 5.75 Å². The number of rotatable bonds is 8. The average molecular weight is 428 g/mol. The van der Waals surface area contributed by atoms with Crippen LogP contribution in [-0.4, -0.2) is 18.4 Å². The molecule has 0 bridgehead atoms. The minimum absolute atomic E-state index is 0.218. The first-order chi connectivity index (χ1) is 15.6. The highest BCUT2D eigenvalue weighted by Gasteiger charge is 2.12. The molecule has 0 saturated carbocycles. The van der Waals surface area contributed by atoms with Crippen molar-refractivity contribution >= 4 is 34.2 Å². The van der Waals surface area contributed by atoms with E-state index >= 15 is 0 Å². The highest BCUT2D eigenvalue weighted by atomic mass is 16.5. The molecule has 0 aliphatic carbocycles. The van der Waals surface area contributed by atoms with Crippen molar-refractivity contribution in [3.05, 3.63) is 90.2 Å². The zero-order valence-electron chi connectivity index (χ0n) is 17.8. The van der Waals surface area contributed by atoms with Gasteiger partial charge in [0.25, 0.3) is 11.8 Å². The van der Waals surface area contributed by atoms with Crippen LogP contribution in [0.4, 0.5) is 11.4 Å². The van der Waals surface area contributed by atoms with Gasteiger partial charge >= 0.3 is 0 Å². The van der Waals surface area contributed by atoms with E-state index in [1.54, 1.807) is 54.6 Å². The third-order valence-corrected chi connectivity index (χ3v) is 4.93. The normalized spacial score (nSPS) is 10.7. The number of carbonyl (C=O) groups is 2. The number of para-hydroxylation sites is 1. The summed E-state index contributed by atoms with van der Waals surface area (Å²) in [5.41, 5.74) is 2.42. The zero-order valence-corrected chi connectivity index (χ0v) is 17.8. The molecule has 2 amide bonds. The largest absolute Gasteiger partial charge is 0.494 e. The number of hydrogen-bond acceptors (Lipinski definition) is 4. The van der Waals surface area contributed by atoms with Crippen LogP contribution in [0.3, 0.4) is 0 Å². The highest BCUT2D eigenvalue weighted by molar-refractivity contribution is 6.06. The van der Waals surface area contributed by atoms with E-state index in [4.69, 9.17) is 9.15 Å². The van der Waals surface area contributed by atoms with Crippen LogP contribution in [-0.2, 0) is 0 Å². The predicted octanol–water partition coefficient (Wildman–Crippen LogP) is 6.12. The molecule has 4 rings (SSSR count).